The van der Waals surface area contributed by atoms with Crippen molar-refractivity contribution in [3.63, 3.8) is 0 Å². The Labute approximate surface area is 174 Å². The third-order valence-corrected chi connectivity index (χ3v) is 5.51. The molecule has 2 aromatic carbocycles. The number of nitrogens with zero attached hydrogens (tertiary/aromatic N) is 5. The molecule has 1 N–H and O–H groups in total. The molecular weight excluding hydrogens is 404 g/mol. The molecule has 30 heavy (non-hydrogen) atoms. The molecule has 3 amide bonds. The Morgan fingerprint density at radius 3 is 2.47 bits per heavy atom. The Morgan fingerprint density at radius 2 is 1.77 bits per heavy atom. The molecule has 1 aliphatic rings. The molecule has 10 heteroatoms. The Hall–Kier alpha value is -3.92. The summed E-state index contributed by atoms with van der Waals surface area (Å²) in [6.07, 6.45) is 0. The number of carbonyl (C=O) groups excluding carboxylic acids is 3. The van der Waals surface area contributed by atoms with E-state index in [1.165, 1.54) is 0 Å². The first-order valence-electron chi connectivity index (χ1n) is 9.05. The van der Waals surface area contributed by atoms with E-state index in [2.05, 4.69) is 20.6 Å². The van der Waals surface area contributed by atoms with Crippen LogP contribution in [-0.2, 0) is 4.79 Å². The van der Waals surface area contributed by atoms with Gasteiger partial charge in [-0.3, -0.25) is 24.6 Å². The van der Waals surface area contributed by atoms with Gasteiger partial charge in [0.05, 0.1) is 11.1 Å². The lowest BCUT2D eigenvalue weighted by Crippen LogP contribution is -2.37. The highest BCUT2D eigenvalue weighted by Gasteiger charge is 2.36. The Bertz CT molecular complexity index is 1310. The van der Waals surface area contributed by atoms with E-state index >= 15 is 0 Å². The molecule has 5 rings (SSSR count). The molecule has 9 nitrogen and oxygen atoms in total. The summed E-state index contributed by atoms with van der Waals surface area (Å²) in [7, 11) is 0. The second kappa shape index (κ2) is 6.85. The molecule has 4 aromatic rings. The van der Waals surface area contributed by atoms with E-state index < -0.39 is 24.3 Å². The largest absolute Gasteiger partial charge is 0.299 e. The second-order valence-corrected chi connectivity index (χ2v) is 7.74. The fourth-order valence-corrected chi connectivity index (χ4v) is 4.07. The second-order valence-electron chi connectivity index (χ2n) is 6.78. The molecule has 0 aliphatic carbocycles. The molecule has 0 saturated heterocycles. The van der Waals surface area contributed by atoms with Crippen LogP contribution in [0.2, 0.25) is 0 Å². The topological polar surface area (TPSA) is 110 Å². The Morgan fingerprint density at radius 1 is 1.03 bits per heavy atom. The predicted octanol–water partition coefficient (Wildman–Crippen LogP) is 2.40. The van der Waals surface area contributed by atoms with Crippen molar-refractivity contribution < 1.29 is 14.4 Å². The van der Waals surface area contributed by atoms with Gasteiger partial charge in [-0.15, -0.1) is 15.3 Å². The van der Waals surface area contributed by atoms with Crippen molar-refractivity contribution in [2.45, 2.75) is 6.92 Å². The van der Waals surface area contributed by atoms with E-state index in [1.807, 2.05) is 31.2 Å². The lowest BCUT2D eigenvalue weighted by molar-refractivity contribution is -0.116. The van der Waals surface area contributed by atoms with Gasteiger partial charge in [0.1, 0.15) is 6.54 Å². The zero-order valence-electron chi connectivity index (χ0n) is 15.7. The summed E-state index contributed by atoms with van der Waals surface area (Å²) in [5.74, 6) is -0.923. The SMILES string of the molecule is Cc1cccc(-c2nnc3sc(NC(=O)CN4C(=O)c5ccccc5C4=O)nn23)c1. The third kappa shape index (κ3) is 2.94. The third-order valence-electron chi connectivity index (χ3n) is 4.69. The highest BCUT2D eigenvalue weighted by molar-refractivity contribution is 7.20. The summed E-state index contributed by atoms with van der Waals surface area (Å²) in [5.41, 5.74) is 2.54. The van der Waals surface area contributed by atoms with Crippen LogP contribution in [0.25, 0.3) is 16.3 Å². The molecule has 0 saturated carbocycles. The minimum absolute atomic E-state index is 0.301. The van der Waals surface area contributed by atoms with Crippen LogP contribution in [0.3, 0.4) is 0 Å². The standard InChI is InChI=1S/C20H14N6O3S/c1-11-5-4-6-12(9-11)16-22-23-20-26(16)24-19(30-20)21-15(27)10-25-17(28)13-7-2-3-8-14(13)18(25)29/h2-9H,10H2,1H3,(H,21,24,27). The number of aryl methyl sites for hydroxylation is 1. The number of amides is 3. The molecule has 0 fully saturated rings. The van der Waals surface area contributed by atoms with Gasteiger partial charge in [-0.25, -0.2) is 0 Å². The fourth-order valence-electron chi connectivity index (χ4n) is 3.32. The minimum Gasteiger partial charge on any atom is -0.299 e. The first-order chi connectivity index (χ1) is 14.5. The van der Waals surface area contributed by atoms with Crippen molar-refractivity contribution in [2.24, 2.45) is 0 Å². The predicted molar refractivity (Wildman–Crippen MR) is 109 cm³/mol. The van der Waals surface area contributed by atoms with Crippen LogP contribution in [0.5, 0.6) is 0 Å². The van der Waals surface area contributed by atoms with E-state index in [0.29, 0.717) is 27.0 Å². The van der Waals surface area contributed by atoms with Crippen LogP contribution in [0.4, 0.5) is 5.13 Å². The van der Waals surface area contributed by atoms with Gasteiger partial charge >= 0.3 is 0 Å². The van der Waals surface area contributed by atoms with E-state index in [0.717, 1.165) is 27.4 Å². The number of rotatable bonds is 4. The van der Waals surface area contributed by atoms with Crippen LogP contribution >= 0.6 is 11.3 Å². The molecule has 0 unspecified atom stereocenters. The van der Waals surface area contributed by atoms with Crippen molar-refractivity contribution in [3.05, 3.63) is 65.2 Å². The van der Waals surface area contributed by atoms with Gasteiger partial charge in [0.15, 0.2) is 5.82 Å². The highest BCUT2D eigenvalue weighted by Crippen LogP contribution is 2.25. The van der Waals surface area contributed by atoms with Crippen molar-refractivity contribution in [2.75, 3.05) is 11.9 Å². The normalized spacial score (nSPS) is 13.2. The van der Waals surface area contributed by atoms with E-state index in [1.54, 1.807) is 28.8 Å². The lowest BCUT2D eigenvalue weighted by atomic mass is 10.1. The number of fused-ring (bicyclic) bond motifs is 2. The maximum Gasteiger partial charge on any atom is 0.262 e. The molecular formula is C20H14N6O3S. The molecule has 3 heterocycles. The number of imide groups is 1. The van der Waals surface area contributed by atoms with Gasteiger partial charge in [-0.05, 0) is 25.1 Å². The van der Waals surface area contributed by atoms with Gasteiger partial charge in [0.2, 0.25) is 16.0 Å². The number of aromatic nitrogens is 4. The number of carbonyl (C=O) groups is 3. The molecule has 0 bridgehead atoms. The summed E-state index contributed by atoms with van der Waals surface area (Å²) in [6, 6.07) is 14.3. The van der Waals surface area contributed by atoms with E-state index in [-0.39, 0.29) is 0 Å². The molecule has 148 valence electrons. The van der Waals surface area contributed by atoms with Crippen molar-refractivity contribution in [3.8, 4) is 11.4 Å². The number of hydrogen-bond donors (Lipinski definition) is 1. The molecule has 1 aliphatic heterocycles. The monoisotopic (exact) mass is 418 g/mol. The van der Waals surface area contributed by atoms with Gasteiger partial charge in [0.25, 0.3) is 11.8 Å². The van der Waals surface area contributed by atoms with E-state index in [9.17, 15) is 14.4 Å². The van der Waals surface area contributed by atoms with Crippen LogP contribution < -0.4 is 5.32 Å². The number of nitrogens with one attached hydrogen (secondary N) is 1. The molecule has 0 radical (unpaired) electrons. The maximum atomic E-state index is 12.5. The molecule has 0 atom stereocenters. The number of hydrogen-bond acceptors (Lipinski definition) is 7. The Balaban J connectivity index is 1.35. The fraction of sp³-hybridized carbons (Fsp3) is 0.100. The number of anilines is 1. The zero-order chi connectivity index (χ0) is 20.8. The van der Waals surface area contributed by atoms with Crippen molar-refractivity contribution in [1.82, 2.24) is 24.7 Å². The van der Waals surface area contributed by atoms with Crippen molar-refractivity contribution >= 4 is 39.2 Å². The van der Waals surface area contributed by atoms with Gasteiger partial charge < -0.3 is 0 Å². The smallest absolute Gasteiger partial charge is 0.262 e. The van der Waals surface area contributed by atoms with Gasteiger partial charge in [0, 0.05) is 5.56 Å². The summed E-state index contributed by atoms with van der Waals surface area (Å²) < 4.78 is 1.55. The zero-order valence-corrected chi connectivity index (χ0v) is 16.5. The maximum absolute atomic E-state index is 12.5. The first kappa shape index (κ1) is 18.1. The quantitative estimate of drug-likeness (QED) is 0.510. The summed E-state index contributed by atoms with van der Waals surface area (Å²) >= 11 is 1.15. The average molecular weight is 418 g/mol. The number of benzene rings is 2. The average Bonchev–Trinajstić information content (AvgIpc) is 3.37. The summed E-state index contributed by atoms with van der Waals surface area (Å²) in [6.45, 7) is 1.59. The highest BCUT2D eigenvalue weighted by atomic mass is 32.1. The van der Waals surface area contributed by atoms with E-state index in [4.69, 9.17) is 0 Å². The van der Waals surface area contributed by atoms with Crippen LogP contribution in [0.15, 0.2) is 48.5 Å². The van der Waals surface area contributed by atoms with Crippen LogP contribution in [-0.4, -0.2) is 49.0 Å². The van der Waals surface area contributed by atoms with Crippen molar-refractivity contribution in [1.29, 1.82) is 0 Å². The minimum atomic E-state index is -0.522. The summed E-state index contributed by atoms with van der Waals surface area (Å²) in [4.78, 5) is 38.7. The summed E-state index contributed by atoms with van der Waals surface area (Å²) in [5, 5.41) is 15.6. The lowest BCUT2D eigenvalue weighted by Gasteiger charge is -2.12. The van der Waals surface area contributed by atoms with Gasteiger partial charge in [-0.1, -0.05) is 47.2 Å². The molecule has 0 spiro atoms. The van der Waals surface area contributed by atoms with Crippen LogP contribution in [0.1, 0.15) is 26.3 Å². The first-order valence-corrected chi connectivity index (χ1v) is 9.87. The molecule has 2 aromatic heterocycles. The Kier molecular flexibility index (Phi) is 4.14. The van der Waals surface area contributed by atoms with Gasteiger partial charge in [-0.2, -0.15) is 4.52 Å². The van der Waals surface area contributed by atoms with Crippen LogP contribution in [0, 0.1) is 6.92 Å².